The van der Waals surface area contributed by atoms with Crippen molar-refractivity contribution in [2.24, 2.45) is 0 Å². The topological polar surface area (TPSA) is 81.7 Å². The van der Waals surface area contributed by atoms with Crippen molar-refractivity contribution in [2.45, 2.75) is 44.4 Å². The normalized spacial score (nSPS) is 18.0. The van der Waals surface area contributed by atoms with Crippen LogP contribution < -0.4 is 10.1 Å². The van der Waals surface area contributed by atoms with Gasteiger partial charge in [0.25, 0.3) is 5.91 Å². The first-order valence-electron chi connectivity index (χ1n) is 11.7. The predicted octanol–water partition coefficient (Wildman–Crippen LogP) is 7.01. The molecule has 2 aliphatic carbocycles. The van der Waals surface area contributed by atoms with Crippen LogP contribution in [0, 0.1) is 0 Å². The van der Waals surface area contributed by atoms with E-state index in [1.807, 2.05) is 6.07 Å². The highest BCUT2D eigenvalue weighted by Crippen LogP contribution is 2.51. The van der Waals surface area contributed by atoms with Gasteiger partial charge < -0.3 is 14.8 Å². The standard InChI is InChI=1S/C27H22Br2ClNO5/c28-14-11-15(27(16(29)12-14)35-13-23(34)31-18-6-2-1-5-17(18)30)24-25-19(32)7-3-9-21(25)36-22-10-4-8-20(33)26(22)24/h1-2,5-6,11-12,24H,3-4,7-10,13H2,(H,31,34). The fraction of sp³-hybridized carbons (Fsp3) is 0.296. The first kappa shape index (κ1) is 25.2. The summed E-state index contributed by atoms with van der Waals surface area (Å²) in [5.74, 6) is 0.633. The van der Waals surface area contributed by atoms with Crippen LogP contribution in [0.25, 0.3) is 0 Å². The number of hydrogen-bond donors (Lipinski definition) is 1. The number of halogens is 3. The molecule has 0 atom stereocenters. The molecule has 2 aromatic carbocycles. The van der Waals surface area contributed by atoms with Gasteiger partial charge in [-0.15, -0.1) is 0 Å². The number of hydrogen-bond acceptors (Lipinski definition) is 5. The Kier molecular flexibility index (Phi) is 7.37. The monoisotopic (exact) mass is 633 g/mol. The highest BCUT2D eigenvalue weighted by Gasteiger charge is 2.43. The van der Waals surface area contributed by atoms with Gasteiger partial charge in [0.05, 0.1) is 21.1 Å². The molecule has 36 heavy (non-hydrogen) atoms. The average molecular weight is 636 g/mol. The third kappa shape index (κ3) is 4.91. The Balaban J connectivity index is 1.53. The predicted molar refractivity (Wildman–Crippen MR) is 143 cm³/mol. The maximum absolute atomic E-state index is 13.2. The molecule has 0 saturated carbocycles. The summed E-state index contributed by atoms with van der Waals surface area (Å²) in [6.07, 6.45) is 3.54. The zero-order valence-corrected chi connectivity index (χ0v) is 23.1. The van der Waals surface area contributed by atoms with Gasteiger partial charge in [0.1, 0.15) is 17.3 Å². The Bertz CT molecular complexity index is 1310. The maximum Gasteiger partial charge on any atom is 0.262 e. The number of para-hydroxylation sites is 1. The average Bonchev–Trinajstić information content (AvgIpc) is 2.83. The van der Waals surface area contributed by atoms with Crippen LogP contribution in [0.1, 0.15) is 50.0 Å². The lowest BCUT2D eigenvalue weighted by molar-refractivity contribution is -0.119. The minimum absolute atomic E-state index is 0.0234. The van der Waals surface area contributed by atoms with E-state index in [1.165, 1.54) is 0 Å². The van der Waals surface area contributed by atoms with Gasteiger partial charge in [-0.05, 0) is 53.0 Å². The van der Waals surface area contributed by atoms with Gasteiger partial charge in [0.2, 0.25) is 0 Å². The quantitative estimate of drug-likeness (QED) is 0.382. The number of allylic oxidation sites excluding steroid dienone is 4. The lowest BCUT2D eigenvalue weighted by Gasteiger charge is -2.36. The molecule has 186 valence electrons. The third-order valence-corrected chi connectivity index (χ3v) is 7.86. The van der Waals surface area contributed by atoms with Crippen molar-refractivity contribution in [3.05, 3.63) is 78.6 Å². The molecule has 0 bridgehead atoms. The number of benzene rings is 2. The number of ketones is 2. The molecule has 0 aromatic heterocycles. The number of ether oxygens (including phenoxy) is 2. The van der Waals surface area contributed by atoms with Crippen molar-refractivity contribution >= 4 is 66.6 Å². The highest BCUT2D eigenvalue weighted by atomic mass is 79.9. The first-order valence-corrected chi connectivity index (χ1v) is 13.7. The van der Waals surface area contributed by atoms with Crippen molar-refractivity contribution in [1.29, 1.82) is 0 Å². The number of nitrogens with one attached hydrogen (secondary N) is 1. The summed E-state index contributed by atoms with van der Waals surface area (Å²) in [6, 6.07) is 10.6. The molecule has 0 spiro atoms. The summed E-state index contributed by atoms with van der Waals surface area (Å²) in [6.45, 7) is -0.290. The number of rotatable bonds is 5. The van der Waals surface area contributed by atoms with Crippen molar-refractivity contribution in [1.82, 2.24) is 0 Å². The Hall–Kier alpha value is -2.42. The Morgan fingerprint density at radius 2 is 1.64 bits per heavy atom. The Morgan fingerprint density at radius 3 is 2.28 bits per heavy atom. The first-order chi connectivity index (χ1) is 17.3. The summed E-state index contributed by atoms with van der Waals surface area (Å²) < 4.78 is 13.5. The van der Waals surface area contributed by atoms with E-state index in [-0.39, 0.29) is 18.2 Å². The van der Waals surface area contributed by atoms with Crippen LogP contribution in [0.15, 0.2) is 68.0 Å². The van der Waals surface area contributed by atoms with Crippen LogP contribution in [0.2, 0.25) is 5.02 Å². The summed E-state index contributed by atoms with van der Waals surface area (Å²) in [7, 11) is 0. The second-order valence-electron chi connectivity index (χ2n) is 8.88. The number of carbonyl (C=O) groups is 3. The zero-order valence-electron chi connectivity index (χ0n) is 19.2. The van der Waals surface area contributed by atoms with Gasteiger partial charge >= 0.3 is 0 Å². The van der Waals surface area contributed by atoms with E-state index < -0.39 is 11.8 Å². The summed E-state index contributed by atoms with van der Waals surface area (Å²) in [4.78, 5) is 39.0. The van der Waals surface area contributed by atoms with Gasteiger partial charge in [-0.3, -0.25) is 14.4 Å². The largest absolute Gasteiger partial charge is 0.482 e. The van der Waals surface area contributed by atoms with Gasteiger partial charge in [-0.2, -0.15) is 0 Å². The van der Waals surface area contributed by atoms with Gasteiger partial charge in [0, 0.05) is 46.9 Å². The van der Waals surface area contributed by atoms with E-state index >= 15 is 0 Å². The van der Waals surface area contributed by atoms with E-state index in [0.29, 0.717) is 87.7 Å². The van der Waals surface area contributed by atoms with Crippen LogP contribution in [-0.4, -0.2) is 24.1 Å². The van der Waals surface area contributed by atoms with E-state index in [1.54, 1.807) is 30.3 Å². The fourth-order valence-corrected chi connectivity index (χ4v) is 6.52. The number of carbonyl (C=O) groups excluding carboxylic acids is 3. The molecule has 1 heterocycles. The molecule has 6 nitrogen and oxygen atoms in total. The summed E-state index contributed by atoms with van der Waals surface area (Å²) in [5.41, 5.74) is 2.16. The van der Waals surface area contributed by atoms with E-state index in [2.05, 4.69) is 37.2 Å². The van der Waals surface area contributed by atoms with Gasteiger partial charge in [0.15, 0.2) is 18.2 Å². The van der Waals surface area contributed by atoms with Crippen LogP contribution in [0.3, 0.4) is 0 Å². The van der Waals surface area contributed by atoms with Gasteiger partial charge in [-0.25, -0.2) is 0 Å². The summed E-state index contributed by atoms with van der Waals surface area (Å²) >= 11 is 13.3. The molecule has 1 amide bonds. The second kappa shape index (κ2) is 10.5. The molecule has 0 radical (unpaired) electrons. The number of amides is 1. The van der Waals surface area contributed by atoms with E-state index in [9.17, 15) is 14.4 Å². The maximum atomic E-state index is 13.2. The molecule has 5 rings (SSSR count). The molecule has 0 unspecified atom stereocenters. The second-order valence-corrected chi connectivity index (χ2v) is 11.1. The smallest absolute Gasteiger partial charge is 0.262 e. The lowest BCUT2D eigenvalue weighted by atomic mass is 9.73. The van der Waals surface area contributed by atoms with Crippen LogP contribution in [0.5, 0.6) is 5.75 Å². The highest BCUT2D eigenvalue weighted by molar-refractivity contribution is 9.11. The van der Waals surface area contributed by atoms with Crippen LogP contribution >= 0.6 is 43.5 Å². The SMILES string of the molecule is O=C(COc1c(Br)cc(Br)cc1C1C2=C(CCCC2=O)OC2=C1C(=O)CCC2)Nc1ccccc1Cl. The minimum atomic E-state index is -0.611. The van der Waals surface area contributed by atoms with Crippen molar-refractivity contribution in [3.63, 3.8) is 0 Å². The minimum Gasteiger partial charge on any atom is -0.482 e. The fourth-order valence-electron chi connectivity index (χ4n) is 4.96. The molecular weight excluding hydrogens is 614 g/mol. The van der Waals surface area contributed by atoms with Crippen LogP contribution in [0.4, 0.5) is 5.69 Å². The lowest BCUT2D eigenvalue weighted by Crippen LogP contribution is -2.31. The molecule has 1 N–H and O–H groups in total. The Labute approximate surface area is 230 Å². The van der Waals surface area contributed by atoms with Crippen molar-refractivity contribution in [3.8, 4) is 5.75 Å². The third-order valence-electron chi connectivity index (χ3n) is 6.48. The van der Waals surface area contributed by atoms with Gasteiger partial charge in [-0.1, -0.05) is 39.7 Å². The Morgan fingerprint density at radius 1 is 1.00 bits per heavy atom. The summed E-state index contributed by atoms with van der Waals surface area (Å²) in [5, 5.41) is 3.17. The molecule has 3 aliphatic rings. The van der Waals surface area contributed by atoms with Crippen LogP contribution in [-0.2, 0) is 19.1 Å². The van der Waals surface area contributed by atoms with Crippen molar-refractivity contribution < 1.29 is 23.9 Å². The molecule has 1 aliphatic heterocycles. The molecule has 2 aromatic rings. The van der Waals surface area contributed by atoms with Crippen molar-refractivity contribution in [2.75, 3.05) is 11.9 Å². The molecule has 0 fully saturated rings. The molecular formula is C27H22Br2ClNO5. The number of Topliss-reactive ketones (excluding diaryl/α,β-unsaturated/α-hetero) is 2. The zero-order chi connectivity index (χ0) is 25.4. The number of anilines is 1. The van der Waals surface area contributed by atoms with E-state index in [4.69, 9.17) is 21.1 Å². The molecule has 9 heteroatoms. The molecule has 0 saturated heterocycles. The van der Waals surface area contributed by atoms with E-state index in [0.717, 1.165) is 4.47 Å².